The summed E-state index contributed by atoms with van der Waals surface area (Å²) < 4.78 is 4.75. The van der Waals surface area contributed by atoms with Gasteiger partial charge in [0, 0.05) is 0 Å². The number of hydrogen-bond donors (Lipinski definition) is 3. The van der Waals surface area contributed by atoms with E-state index in [9.17, 15) is 9.59 Å². The van der Waals surface area contributed by atoms with Crippen molar-refractivity contribution >= 4 is 11.9 Å². The number of aliphatic carboxylic acids is 1. The zero-order valence-corrected chi connectivity index (χ0v) is 12.4. The van der Waals surface area contributed by atoms with Crippen LogP contribution in [-0.2, 0) is 20.7 Å². The van der Waals surface area contributed by atoms with Gasteiger partial charge in [0.25, 0.3) is 0 Å². The van der Waals surface area contributed by atoms with Crippen LogP contribution in [0, 0.1) is 0 Å². The molecule has 1 aliphatic rings. The third-order valence-electron chi connectivity index (χ3n) is 2.77. The van der Waals surface area contributed by atoms with Crippen molar-refractivity contribution in [3.8, 4) is 0 Å². The lowest BCUT2D eigenvalue weighted by molar-refractivity contribution is -0.171. The highest BCUT2D eigenvalue weighted by atomic mass is 16.6. The molecule has 0 radical (unpaired) electrons. The number of esters is 1. The first-order valence-corrected chi connectivity index (χ1v) is 6.53. The third kappa shape index (κ3) is 4.84. The molecule has 0 amide bonds. The highest BCUT2D eigenvalue weighted by molar-refractivity contribution is 6.04. The Morgan fingerprint density at radius 2 is 1.71 bits per heavy atom. The largest absolute Gasteiger partial charge is 0.479 e. The molecule has 0 spiro atoms. The molecule has 0 fully saturated rings. The van der Waals surface area contributed by atoms with Crippen LogP contribution in [0.2, 0.25) is 0 Å². The van der Waals surface area contributed by atoms with Crippen LogP contribution in [0.25, 0.3) is 0 Å². The van der Waals surface area contributed by atoms with E-state index in [1.54, 1.807) is 20.8 Å². The Bertz CT molecular complexity index is 514. The number of carbonyl (C=O) groups excluding carboxylic acids is 1. The van der Waals surface area contributed by atoms with Crippen molar-refractivity contribution in [1.82, 2.24) is 0 Å². The maximum atomic E-state index is 11.3. The van der Waals surface area contributed by atoms with Crippen molar-refractivity contribution in [2.75, 3.05) is 6.61 Å². The molecular weight excluding hydrogens is 274 g/mol. The van der Waals surface area contributed by atoms with Crippen molar-refractivity contribution in [2.24, 2.45) is 5.73 Å². The summed E-state index contributed by atoms with van der Waals surface area (Å²) in [6.45, 7) is 3.72. The fraction of sp³-hybridized carbons (Fsp3) is 0.467. The van der Waals surface area contributed by atoms with Crippen LogP contribution in [-0.4, -0.2) is 39.9 Å². The highest BCUT2D eigenvalue weighted by Crippen LogP contribution is 2.25. The number of ether oxygens (including phenoxy) is 1. The number of aliphatic hydroxyl groups excluding tert-OH is 1. The van der Waals surface area contributed by atoms with Crippen LogP contribution >= 0.6 is 0 Å². The van der Waals surface area contributed by atoms with Crippen LogP contribution in [0.3, 0.4) is 0 Å². The van der Waals surface area contributed by atoms with Crippen molar-refractivity contribution < 1.29 is 24.5 Å². The van der Waals surface area contributed by atoms with E-state index in [1.165, 1.54) is 17.5 Å². The van der Waals surface area contributed by atoms with E-state index >= 15 is 0 Å². The predicted molar refractivity (Wildman–Crippen MR) is 76.7 cm³/mol. The summed E-state index contributed by atoms with van der Waals surface area (Å²) in [6, 6.07) is 8.53. The molecule has 1 unspecified atom stereocenters. The Balaban J connectivity index is 0.000000255. The van der Waals surface area contributed by atoms with Crippen molar-refractivity contribution in [3.63, 3.8) is 0 Å². The SMILES string of the molecule is CC(C)(C)OC(=O)C(N)(CO)C(=O)O.c1ccc2c(c1)C2. The molecule has 1 aliphatic carbocycles. The summed E-state index contributed by atoms with van der Waals surface area (Å²) in [6.07, 6.45) is 1.24. The molecule has 0 aliphatic heterocycles. The lowest BCUT2D eigenvalue weighted by Crippen LogP contribution is -2.59. The van der Waals surface area contributed by atoms with Gasteiger partial charge >= 0.3 is 11.9 Å². The maximum absolute atomic E-state index is 11.3. The normalized spacial score (nSPS) is 14.9. The first-order chi connectivity index (χ1) is 9.60. The molecule has 2 rings (SSSR count). The van der Waals surface area contributed by atoms with E-state index in [0.29, 0.717) is 0 Å². The molecule has 1 atom stereocenters. The Kier molecular flexibility index (Phi) is 5.09. The van der Waals surface area contributed by atoms with Crippen molar-refractivity contribution in [1.29, 1.82) is 0 Å². The quantitative estimate of drug-likeness (QED) is 0.568. The Morgan fingerprint density at radius 3 is 2.00 bits per heavy atom. The lowest BCUT2D eigenvalue weighted by atomic mass is 10.0. The molecule has 0 saturated carbocycles. The van der Waals surface area contributed by atoms with Crippen molar-refractivity contribution in [3.05, 3.63) is 35.4 Å². The Labute approximate surface area is 123 Å². The first kappa shape index (κ1) is 17.1. The topological polar surface area (TPSA) is 110 Å². The number of fused-ring (bicyclic) bond motifs is 1. The van der Waals surface area contributed by atoms with Gasteiger partial charge in [-0.2, -0.15) is 0 Å². The molecule has 21 heavy (non-hydrogen) atoms. The molecule has 0 aromatic heterocycles. The fourth-order valence-electron chi connectivity index (χ4n) is 1.42. The number of benzene rings is 1. The monoisotopic (exact) mass is 295 g/mol. The molecule has 116 valence electrons. The van der Waals surface area contributed by atoms with Gasteiger partial charge in [0.2, 0.25) is 5.54 Å². The maximum Gasteiger partial charge on any atom is 0.340 e. The van der Waals surface area contributed by atoms with Crippen LogP contribution < -0.4 is 5.73 Å². The minimum atomic E-state index is -2.38. The Morgan fingerprint density at radius 1 is 1.24 bits per heavy atom. The molecule has 0 bridgehead atoms. The van der Waals surface area contributed by atoms with Gasteiger partial charge in [-0.15, -0.1) is 0 Å². The number of carboxylic acid groups (broad SMARTS) is 1. The second-order valence-corrected chi connectivity index (χ2v) is 5.88. The summed E-state index contributed by atoms with van der Waals surface area (Å²) >= 11 is 0. The minimum absolute atomic E-state index is 0.841. The number of rotatable bonds is 3. The van der Waals surface area contributed by atoms with Crippen LogP contribution in [0.15, 0.2) is 24.3 Å². The van der Waals surface area contributed by atoms with E-state index in [2.05, 4.69) is 24.3 Å². The van der Waals surface area contributed by atoms with E-state index < -0.39 is 29.7 Å². The fourth-order valence-corrected chi connectivity index (χ4v) is 1.42. The summed E-state index contributed by atoms with van der Waals surface area (Å²) in [5.74, 6) is -2.77. The van der Waals surface area contributed by atoms with E-state index in [4.69, 9.17) is 20.7 Å². The second kappa shape index (κ2) is 6.24. The van der Waals surface area contributed by atoms with Gasteiger partial charge in [-0.3, -0.25) is 0 Å². The number of aliphatic hydroxyl groups is 1. The van der Waals surface area contributed by atoms with E-state index in [0.717, 1.165) is 0 Å². The van der Waals surface area contributed by atoms with E-state index in [1.807, 2.05) is 0 Å². The standard InChI is InChI=1S/C8H15NO5.C7H6/c1-7(2,3)14-6(13)8(9,4-10)5(11)12;1-2-4-7-5-6(7)3-1/h10H,4,9H2,1-3H3,(H,11,12);1-4H,5H2. The molecule has 0 heterocycles. The van der Waals surface area contributed by atoms with Crippen LogP contribution in [0.4, 0.5) is 0 Å². The molecule has 6 heteroatoms. The van der Waals surface area contributed by atoms with Gasteiger partial charge in [0.05, 0.1) is 6.61 Å². The summed E-state index contributed by atoms with van der Waals surface area (Å²) in [4.78, 5) is 21.9. The summed E-state index contributed by atoms with van der Waals surface area (Å²) in [5.41, 5.74) is 5.00. The average molecular weight is 295 g/mol. The lowest BCUT2D eigenvalue weighted by Gasteiger charge is -2.26. The van der Waals surface area contributed by atoms with Gasteiger partial charge in [0.1, 0.15) is 5.60 Å². The molecular formula is C15H21NO5. The zero-order chi connectivity index (χ0) is 16.3. The molecule has 6 nitrogen and oxygen atoms in total. The van der Waals surface area contributed by atoms with Gasteiger partial charge < -0.3 is 20.7 Å². The highest BCUT2D eigenvalue weighted by Gasteiger charge is 2.45. The zero-order valence-electron chi connectivity index (χ0n) is 12.4. The van der Waals surface area contributed by atoms with Gasteiger partial charge in [0.15, 0.2) is 0 Å². The number of carboxylic acids is 1. The number of hydrogen-bond acceptors (Lipinski definition) is 5. The van der Waals surface area contributed by atoms with Gasteiger partial charge in [-0.25, -0.2) is 9.59 Å². The first-order valence-electron chi connectivity index (χ1n) is 6.53. The van der Waals surface area contributed by atoms with Gasteiger partial charge in [-0.1, -0.05) is 24.3 Å². The van der Waals surface area contributed by atoms with Crippen molar-refractivity contribution in [2.45, 2.75) is 38.3 Å². The van der Waals surface area contributed by atoms with Gasteiger partial charge in [-0.05, 0) is 38.3 Å². The second-order valence-electron chi connectivity index (χ2n) is 5.88. The van der Waals surface area contributed by atoms with Crippen LogP contribution in [0.5, 0.6) is 0 Å². The van der Waals surface area contributed by atoms with E-state index in [-0.39, 0.29) is 0 Å². The average Bonchev–Trinajstić information content (AvgIpc) is 3.15. The molecule has 1 aromatic carbocycles. The smallest absolute Gasteiger partial charge is 0.340 e. The van der Waals surface area contributed by atoms with Crippen LogP contribution in [0.1, 0.15) is 31.9 Å². The summed E-state index contributed by atoms with van der Waals surface area (Å²) in [5, 5.41) is 17.3. The third-order valence-corrected chi connectivity index (χ3v) is 2.77. The molecule has 1 aromatic rings. The number of carbonyl (C=O) groups is 2. The summed E-state index contributed by atoms with van der Waals surface area (Å²) in [7, 11) is 0. The molecule has 4 N–H and O–H groups in total. The Hall–Kier alpha value is -1.92. The minimum Gasteiger partial charge on any atom is -0.479 e. The number of nitrogens with two attached hydrogens (primary N) is 1. The molecule has 0 saturated heterocycles. The predicted octanol–water partition coefficient (Wildman–Crippen LogP) is 0.693.